The van der Waals surface area contributed by atoms with E-state index < -0.39 is 4.92 Å². The number of nitro groups is 1. The van der Waals surface area contributed by atoms with Crippen LogP contribution in [0, 0.1) is 23.0 Å². The molecule has 0 aliphatic heterocycles. The van der Waals surface area contributed by atoms with Crippen molar-refractivity contribution in [2.75, 3.05) is 11.9 Å². The van der Waals surface area contributed by atoms with Gasteiger partial charge in [0.2, 0.25) is 5.91 Å². The Morgan fingerprint density at radius 1 is 1.19 bits per heavy atom. The van der Waals surface area contributed by atoms with Gasteiger partial charge in [0.15, 0.2) is 0 Å². The molecule has 6 nitrogen and oxygen atoms in total. The Kier molecular flexibility index (Phi) is 5.91. The zero-order valence-corrected chi connectivity index (χ0v) is 15.7. The van der Waals surface area contributed by atoms with Crippen LogP contribution in [0.3, 0.4) is 0 Å². The third kappa shape index (κ3) is 4.61. The lowest BCUT2D eigenvalue weighted by molar-refractivity contribution is -0.385. The molecule has 0 saturated heterocycles. The average Bonchev–Trinajstić information content (AvgIpc) is 3.43. The maximum atomic E-state index is 12.4. The molecule has 0 radical (unpaired) electrons. The summed E-state index contributed by atoms with van der Waals surface area (Å²) in [5.74, 6) is 0.760. The molecular formula is C20H29N3O3. The lowest BCUT2D eigenvalue weighted by atomic mass is 9.86. The van der Waals surface area contributed by atoms with Crippen LogP contribution in [-0.4, -0.2) is 34.4 Å². The second-order valence-corrected chi connectivity index (χ2v) is 7.89. The molecule has 0 atom stereocenters. The molecule has 1 amide bonds. The van der Waals surface area contributed by atoms with E-state index in [0.717, 1.165) is 12.5 Å². The molecule has 3 rings (SSSR count). The highest BCUT2D eigenvalue weighted by Crippen LogP contribution is 2.35. The molecule has 1 aromatic carbocycles. The van der Waals surface area contributed by atoms with Crippen LogP contribution in [0.1, 0.15) is 57.4 Å². The van der Waals surface area contributed by atoms with Gasteiger partial charge in [-0.15, -0.1) is 0 Å². The normalized spacial score (nSPS) is 23.0. The number of benzene rings is 1. The third-order valence-corrected chi connectivity index (χ3v) is 5.84. The van der Waals surface area contributed by atoms with Crippen LogP contribution < -0.4 is 5.32 Å². The molecule has 2 fully saturated rings. The largest absolute Gasteiger partial charge is 0.326 e. The van der Waals surface area contributed by atoms with Gasteiger partial charge in [0.1, 0.15) is 0 Å². The van der Waals surface area contributed by atoms with E-state index in [1.54, 1.807) is 19.1 Å². The molecule has 2 aliphatic carbocycles. The molecule has 0 aromatic heterocycles. The molecule has 2 aliphatic rings. The molecule has 0 heterocycles. The summed E-state index contributed by atoms with van der Waals surface area (Å²) in [5, 5.41) is 13.9. The number of nitrogens with zero attached hydrogens (tertiary/aromatic N) is 2. The Morgan fingerprint density at radius 3 is 2.38 bits per heavy atom. The zero-order chi connectivity index (χ0) is 18.7. The maximum Gasteiger partial charge on any atom is 0.274 e. The number of rotatable bonds is 7. The molecule has 2 saturated carbocycles. The highest BCUT2D eigenvalue weighted by Gasteiger charge is 2.35. The quantitative estimate of drug-likeness (QED) is 0.582. The van der Waals surface area contributed by atoms with Gasteiger partial charge in [-0.05, 0) is 57.4 Å². The van der Waals surface area contributed by atoms with E-state index >= 15 is 0 Å². The van der Waals surface area contributed by atoms with Crippen molar-refractivity contribution in [1.82, 2.24) is 4.90 Å². The predicted octanol–water partition coefficient (Wildman–Crippen LogP) is 4.27. The van der Waals surface area contributed by atoms with Gasteiger partial charge >= 0.3 is 0 Å². The summed E-state index contributed by atoms with van der Waals surface area (Å²) in [7, 11) is 0. The van der Waals surface area contributed by atoms with Gasteiger partial charge < -0.3 is 5.32 Å². The molecule has 1 N–H and O–H groups in total. The Morgan fingerprint density at radius 2 is 1.81 bits per heavy atom. The van der Waals surface area contributed by atoms with E-state index in [2.05, 4.69) is 17.1 Å². The molecule has 0 unspecified atom stereocenters. The van der Waals surface area contributed by atoms with E-state index in [0.29, 0.717) is 29.8 Å². The van der Waals surface area contributed by atoms with Crippen LogP contribution in [0.25, 0.3) is 0 Å². The molecule has 0 bridgehead atoms. The van der Waals surface area contributed by atoms with E-state index in [1.165, 1.54) is 44.6 Å². The Bertz CT molecular complexity index is 664. The van der Waals surface area contributed by atoms with Crippen LogP contribution in [-0.2, 0) is 4.79 Å². The van der Waals surface area contributed by atoms with Gasteiger partial charge in [0.05, 0.1) is 16.2 Å². The third-order valence-electron chi connectivity index (χ3n) is 5.84. The average molecular weight is 359 g/mol. The van der Waals surface area contributed by atoms with Crippen LogP contribution in [0.15, 0.2) is 18.2 Å². The van der Waals surface area contributed by atoms with E-state index in [9.17, 15) is 14.9 Å². The van der Waals surface area contributed by atoms with E-state index in [4.69, 9.17) is 0 Å². The first-order chi connectivity index (χ1) is 12.5. The van der Waals surface area contributed by atoms with E-state index in [1.807, 2.05) is 0 Å². The number of nitrogens with one attached hydrogen (secondary N) is 1. The van der Waals surface area contributed by atoms with E-state index in [-0.39, 0.29) is 11.6 Å². The minimum atomic E-state index is -0.413. The van der Waals surface area contributed by atoms with Crippen LogP contribution in [0.4, 0.5) is 11.4 Å². The zero-order valence-electron chi connectivity index (χ0n) is 15.7. The summed E-state index contributed by atoms with van der Waals surface area (Å²) < 4.78 is 0. The van der Waals surface area contributed by atoms with Gasteiger partial charge in [-0.1, -0.05) is 13.0 Å². The van der Waals surface area contributed by atoms with Crippen LogP contribution in [0.5, 0.6) is 0 Å². The number of carbonyl (C=O) groups excluding carboxylic acids is 1. The fourth-order valence-corrected chi connectivity index (χ4v) is 4.04. The summed E-state index contributed by atoms with van der Waals surface area (Å²) in [6.07, 6.45) is 7.98. The fraction of sp³-hybridized carbons (Fsp3) is 0.650. The minimum absolute atomic E-state index is 0.0405. The summed E-state index contributed by atoms with van der Waals surface area (Å²) in [5.41, 5.74) is 1.08. The number of anilines is 1. The Balaban J connectivity index is 1.56. The lowest BCUT2D eigenvalue weighted by Crippen LogP contribution is -2.41. The molecule has 26 heavy (non-hydrogen) atoms. The van der Waals surface area contributed by atoms with Gasteiger partial charge in [0, 0.05) is 31.1 Å². The minimum Gasteiger partial charge on any atom is -0.326 e. The SMILES string of the molecule is Cc1c(NC(=O)CCN(C2CCC(C)CC2)C2CC2)cccc1[N+](=O)[O-]. The summed E-state index contributed by atoms with van der Waals surface area (Å²) in [6.45, 7) is 4.78. The van der Waals surface area contributed by atoms with Crippen molar-refractivity contribution in [3.8, 4) is 0 Å². The second-order valence-electron chi connectivity index (χ2n) is 7.89. The Labute approximate surface area is 155 Å². The first kappa shape index (κ1) is 18.8. The first-order valence-corrected chi connectivity index (χ1v) is 9.75. The van der Waals surface area contributed by atoms with Crippen LogP contribution >= 0.6 is 0 Å². The Hall–Kier alpha value is -1.95. The predicted molar refractivity (Wildman–Crippen MR) is 102 cm³/mol. The molecular weight excluding hydrogens is 330 g/mol. The number of nitro benzene ring substituents is 1. The van der Waals surface area contributed by atoms with Crippen LogP contribution in [0.2, 0.25) is 0 Å². The number of carbonyl (C=O) groups is 1. The number of hydrogen-bond acceptors (Lipinski definition) is 4. The first-order valence-electron chi connectivity index (χ1n) is 9.75. The van der Waals surface area contributed by atoms with Gasteiger partial charge in [-0.3, -0.25) is 19.8 Å². The molecule has 0 spiro atoms. The second kappa shape index (κ2) is 8.16. The fourth-order valence-electron chi connectivity index (χ4n) is 4.04. The molecule has 6 heteroatoms. The van der Waals surface area contributed by atoms with Crippen molar-refractivity contribution in [3.05, 3.63) is 33.9 Å². The summed E-state index contributed by atoms with van der Waals surface area (Å²) in [4.78, 5) is 25.6. The molecule has 1 aromatic rings. The summed E-state index contributed by atoms with van der Waals surface area (Å²) >= 11 is 0. The van der Waals surface area contributed by atoms with Crippen molar-refractivity contribution >= 4 is 17.3 Å². The van der Waals surface area contributed by atoms with Crippen molar-refractivity contribution in [2.45, 2.75) is 70.9 Å². The van der Waals surface area contributed by atoms with Crippen molar-refractivity contribution in [3.63, 3.8) is 0 Å². The molecule has 142 valence electrons. The smallest absolute Gasteiger partial charge is 0.274 e. The topological polar surface area (TPSA) is 75.5 Å². The van der Waals surface area contributed by atoms with Crippen molar-refractivity contribution in [1.29, 1.82) is 0 Å². The number of hydrogen-bond donors (Lipinski definition) is 1. The van der Waals surface area contributed by atoms with Gasteiger partial charge in [-0.25, -0.2) is 0 Å². The number of amides is 1. The lowest BCUT2D eigenvalue weighted by Gasteiger charge is -2.36. The highest BCUT2D eigenvalue weighted by molar-refractivity contribution is 5.92. The van der Waals surface area contributed by atoms with Crippen molar-refractivity contribution in [2.24, 2.45) is 5.92 Å². The highest BCUT2D eigenvalue weighted by atomic mass is 16.6. The summed E-state index contributed by atoms with van der Waals surface area (Å²) in [6, 6.07) is 6.07. The maximum absolute atomic E-state index is 12.4. The van der Waals surface area contributed by atoms with Crippen molar-refractivity contribution < 1.29 is 9.72 Å². The van der Waals surface area contributed by atoms with Gasteiger partial charge in [-0.2, -0.15) is 0 Å². The standard InChI is InChI=1S/C20H29N3O3/c1-14-6-8-16(9-7-14)22(17-10-11-17)13-12-20(24)21-18-4-3-5-19(15(18)2)23(25)26/h3-5,14,16-17H,6-13H2,1-2H3,(H,21,24). The van der Waals surface area contributed by atoms with Gasteiger partial charge in [0.25, 0.3) is 5.69 Å². The monoisotopic (exact) mass is 359 g/mol.